The number of amides is 2. The molecule has 1 N–H and O–H groups in total. The van der Waals surface area contributed by atoms with Gasteiger partial charge in [0.2, 0.25) is 11.8 Å². The van der Waals surface area contributed by atoms with Crippen molar-refractivity contribution in [2.45, 2.75) is 64.1 Å². The first-order chi connectivity index (χ1) is 23.4. The van der Waals surface area contributed by atoms with E-state index in [0.29, 0.717) is 12.2 Å². The molecule has 0 aromatic heterocycles. The van der Waals surface area contributed by atoms with Crippen molar-refractivity contribution in [1.29, 1.82) is 0 Å². The van der Waals surface area contributed by atoms with Crippen molar-refractivity contribution < 1.29 is 31.9 Å². The molecular formula is C38H44FN3O6S. The van der Waals surface area contributed by atoms with Gasteiger partial charge in [-0.25, -0.2) is 12.8 Å². The number of sulfonamides is 1. The molecular weight excluding hydrogens is 645 g/mol. The van der Waals surface area contributed by atoms with E-state index in [-0.39, 0.29) is 40.9 Å². The largest absolute Gasteiger partial charge is 0.493 e. The first-order valence-electron chi connectivity index (χ1n) is 16.1. The number of nitrogens with one attached hydrogen (secondary N) is 1. The van der Waals surface area contributed by atoms with E-state index < -0.39 is 40.2 Å². The van der Waals surface area contributed by atoms with E-state index in [4.69, 9.17) is 9.47 Å². The number of carbonyl (C=O) groups excluding carboxylic acids is 2. The minimum atomic E-state index is -4.41. The highest BCUT2D eigenvalue weighted by atomic mass is 32.2. The first-order valence-corrected chi connectivity index (χ1v) is 17.5. The van der Waals surface area contributed by atoms with Crippen molar-refractivity contribution in [2.24, 2.45) is 0 Å². The van der Waals surface area contributed by atoms with Crippen LogP contribution < -0.4 is 19.1 Å². The number of anilines is 1. The zero-order valence-corrected chi connectivity index (χ0v) is 29.6. The Morgan fingerprint density at radius 2 is 1.49 bits per heavy atom. The highest BCUT2D eigenvalue weighted by Crippen LogP contribution is 2.33. The maximum atomic E-state index is 15.2. The van der Waals surface area contributed by atoms with E-state index in [1.54, 1.807) is 30.3 Å². The Balaban J connectivity index is 1.87. The number of aryl methyl sites for hydroxylation is 2. The summed E-state index contributed by atoms with van der Waals surface area (Å²) in [6, 6.07) is 23.4. The fraction of sp³-hybridized carbons (Fsp3) is 0.316. The Labute approximate surface area is 288 Å². The van der Waals surface area contributed by atoms with Crippen LogP contribution in [0.1, 0.15) is 42.5 Å². The molecule has 0 unspecified atom stereocenters. The monoisotopic (exact) mass is 689 g/mol. The lowest BCUT2D eigenvalue weighted by molar-refractivity contribution is -0.140. The molecule has 0 fully saturated rings. The molecule has 260 valence electrons. The van der Waals surface area contributed by atoms with Crippen LogP contribution in [0.3, 0.4) is 0 Å². The van der Waals surface area contributed by atoms with Crippen molar-refractivity contribution in [1.82, 2.24) is 10.2 Å². The molecule has 2 atom stereocenters. The second kappa shape index (κ2) is 16.5. The van der Waals surface area contributed by atoms with Gasteiger partial charge in [-0.2, -0.15) is 0 Å². The molecule has 9 nitrogen and oxygen atoms in total. The Hall–Kier alpha value is -4.90. The first kappa shape index (κ1) is 36.9. The van der Waals surface area contributed by atoms with Crippen LogP contribution in [0.5, 0.6) is 11.5 Å². The third-order valence-electron chi connectivity index (χ3n) is 8.29. The molecule has 0 bridgehead atoms. The van der Waals surface area contributed by atoms with Gasteiger partial charge in [0.15, 0.2) is 11.5 Å². The number of rotatable bonds is 15. The van der Waals surface area contributed by atoms with Gasteiger partial charge in [0, 0.05) is 30.6 Å². The zero-order valence-electron chi connectivity index (χ0n) is 28.8. The Kier molecular flexibility index (Phi) is 12.4. The minimum absolute atomic E-state index is 0.120. The summed E-state index contributed by atoms with van der Waals surface area (Å²) in [6.07, 6.45) is 0.768. The molecule has 0 aliphatic carbocycles. The molecule has 0 saturated heterocycles. The quantitative estimate of drug-likeness (QED) is 0.159. The standard InChI is InChI=1S/C38H44FN3O6S/c1-7-28(4)40-38(44)34(22-29-13-9-8-10-14-29)41(24-30-15-11-12-16-33(30)39)37(43)25-42(31-20-26(2)19-27(3)21-31)49(45,46)32-17-18-35(47-5)36(23-32)48-6/h8-21,23,28,34H,7,22,24-25H2,1-6H3,(H,40,44)/t28-,34+/m0/s1. The van der Waals surface area contributed by atoms with Crippen molar-refractivity contribution in [3.63, 3.8) is 0 Å². The summed E-state index contributed by atoms with van der Waals surface area (Å²) in [4.78, 5) is 29.8. The third-order valence-corrected chi connectivity index (χ3v) is 10.1. The second-order valence-corrected chi connectivity index (χ2v) is 13.9. The van der Waals surface area contributed by atoms with Crippen LogP contribution in [-0.4, -0.2) is 58.0 Å². The predicted molar refractivity (Wildman–Crippen MR) is 189 cm³/mol. The van der Waals surface area contributed by atoms with E-state index in [0.717, 1.165) is 21.0 Å². The molecule has 11 heteroatoms. The van der Waals surface area contributed by atoms with E-state index in [1.165, 1.54) is 43.4 Å². The molecule has 49 heavy (non-hydrogen) atoms. The number of carbonyl (C=O) groups is 2. The highest BCUT2D eigenvalue weighted by Gasteiger charge is 2.35. The van der Waals surface area contributed by atoms with E-state index in [2.05, 4.69) is 5.32 Å². The van der Waals surface area contributed by atoms with Gasteiger partial charge < -0.3 is 19.7 Å². The van der Waals surface area contributed by atoms with Crippen molar-refractivity contribution >= 4 is 27.5 Å². The van der Waals surface area contributed by atoms with E-state index >= 15 is 4.39 Å². The second-order valence-electron chi connectivity index (χ2n) is 12.0. The number of hydrogen-bond donors (Lipinski definition) is 1. The number of ether oxygens (including phenoxy) is 2. The van der Waals surface area contributed by atoms with Crippen LogP contribution >= 0.6 is 0 Å². The molecule has 0 saturated carbocycles. The minimum Gasteiger partial charge on any atom is -0.493 e. The third kappa shape index (κ3) is 9.17. The lowest BCUT2D eigenvalue weighted by Crippen LogP contribution is -2.54. The number of nitrogens with zero attached hydrogens (tertiary/aromatic N) is 2. The van der Waals surface area contributed by atoms with Crippen LogP contribution in [0.2, 0.25) is 0 Å². The summed E-state index contributed by atoms with van der Waals surface area (Å²) < 4.78 is 55.9. The topological polar surface area (TPSA) is 105 Å². The van der Waals surface area contributed by atoms with Crippen molar-refractivity contribution in [3.8, 4) is 11.5 Å². The summed E-state index contributed by atoms with van der Waals surface area (Å²) in [5.41, 5.74) is 2.80. The fourth-order valence-corrected chi connectivity index (χ4v) is 6.95. The molecule has 0 spiro atoms. The Bertz CT molecular complexity index is 1850. The Morgan fingerprint density at radius 3 is 2.10 bits per heavy atom. The smallest absolute Gasteiger partial charge is 0.264 e. The SMILES string of the molecule is CC[C@H](C)NC(=O)[C@@H](Cc1ccccc1)N(Cc1ccccc1F)C(=O)CN(c1cc(C)cc(C)c1)S(=O)(=O)c1ccc(OC)c(OC)c1. The molecule has 0 aliphatic rings. The van der Waals surface area contributed by atoms with Crippen LogP contribution in [-0.2, 0) is 32.6 Å². The molecule has 2 amide bonds. The van der Waals surface area contributed by atoms with Gasteiger partial charge in [0.05, 0.1) is 24.8 Å². The van der Waals surface area contributed by atoms with Crippen LogP contribution in [0.25, 0.3) is 0 Å². The average molecular weight is 690 g/mol. The number of halogens is 1. The van der Waals surface area contributed by atoms with Gasteiger partial charge >= 0.3 is 0 Å². The molecule has 0 aliphatic heterocycles. The Morgan fingerprint density at radius 1 is 0.857 bits per heavy atom. The molecule has 4 aromatic rings. The fourth-order valence-electron chi connectivity index (χ4n) is 5.53. The molecule has 4 aromatic carbocycles. The maximum absolute atomic E-state index is 15.2. The molecule has 4 rings (SSSR count). The van der Waals surface area contributed by atoms with Crippen molar-refractivity contribution in [3.05, 3.63) is 119 Å². The van der Waals surface area contributed by atoms with Crippen molar-refractivity contribution in [2.75, 3.05) is 25.1 Å². The van der Waals surface area contributed by atoms with Crippen LogP contribution in [0, 0.1) is 19.7 Å². The van der Waals surface area contributed by atoms with E-state index in [9.17, 15) is 18.0 Å². The lowest BCUT2D eigenvalue weighted by atomic mass is 10.0. The maximum Gasteiger partial charge on any atom is 0.264 e. The zero-order chi connectivity index (χ0) is 35.7. The van der Waals surface area contributed by atoms with Gasteiger partial charge in [-0.05, 0) is 74.2 Å². The summed E-state index contributed by atoms with van der Waals surface area (Å²) in [5, 5.41) is 2.98. The highest BCUT2D eigenvalue weighted by molar-refractivity contribution is 7.92. The van der Waals surface area contributed by atoms with E-state index in [1.807, 2.05) is 64.1 Å². The molecule has 0 heterocycles. The number of methoxy groups -OCH3 is 2. The van der Waals surface area contributed by atoms with Crippen LogP contribution in [0.4, 0.5) is 10.1 Å². The lowest BCUT2D eigenvalue weighted by Gasteiger charge is -2.34. The molecule has 0 radical (unpaired) electrons. The van der Waals surface area contributed by atoms with Gasteiger partial charge in [0.1, 0.15) is 18.4 Å². The summed E-state index contributed by atoms with van der Waals surface area (Å²) in [5.74, 6) is -1.13. The normalized spacial score (nSPS) is 12.5. The van der Waals surface area contributed by atoms with Crippen LogP contribution in [0.15, 0.2) is 95.9 Å². The number of benzene rings is 4. The van der Waals surface area contributed by atoms with Gasteiger partial charge in [-0.3, -0.25) is 13.9 Å². The van der Waals surface area contributed by atoms with Gasteiger partial charge in [-0.1, -0.05) is 61.5 Å². The number of hydrogen-bond acceptors (Lipinski definition) is 6. The summed E-state index contributed by atoms with van der Waals surface area (Å²) >= 11 is 0. The predicted octanol–water partition coefficient (Wildman–Crippen LogP) is 6.21. The van der Waals surface area contributed by atoms with Gasteiger partial charge in [-0.15, -0.1) is 0 Å². The van der Waals surface area contributed by atoms with Gasteiger partial charge in [0.25, 0.3) is 10.0 Å². The summed E-state index contributed by atoms with van der Waals surface area (Å²) in [7, 11) is -1.56. The average Bonchev–Trinajstić information content (AvgIpc) is 3.08. The summed E-state index contributed by atoms with van der Waals surface area (Å²) in [6.45, 7) is 6.51.